The molecule has 0 aliphatic rings. The SMILES string of the molecule is Cc1ccc(C(=O)Nc2cc(C(C)(C)C)nn2C)cc1C#Cc1cnc(N)nc1. The average Bonchev–Trinajstić information content (AvgIpc) is 3.03. The number of anilines is 2. The molecule has 1 aromatic carbocycles. The summed E-state index contributed by atoms with van der Waals surface area (Å²) in [7, 11) is 1.81. The lowest BCUT2D eigenvalue weighted by atomic mass is 9.92. The second-order valence-electron chi connectivity index (χ2n) is 7.85. The Balaban J connectivity index is 1.83. The summed E-state index contributed by atoms with van der Waals surface area (Å²) in [5.74, 6) is 6.71. The third kappa shape index (κ3) is 4.79. The molecule has 2 heterocycles. The van der Waals surface area contributed by atoms with E-state index in [1.807, 2.05) is 26.1 Å². The molecule has 0 radical (unpaired) electrons. The lowest BCUT2D eigenvalue weighted by Crippen LogP contribution is -2.14. The highest BCUT2D eigenvalue weighted by Crippen LogP contribution is 2.23. The number of benzene rings is 1. The van der Waals surface area contributed by atoms with Crippen LogP contribution in [0.4, 0.5) is 11.8 Å². The van der Waals surface area contributed by atoms with Gasteiger partial charge in [-0.3, -0.25) is 9.48 Å². The molecular formula is C22H24N6O. The van der Waals surface area contributed by atoms with E-state index < -0.39 is 0 Å². The van der Waals surface area contributed by atoms with Crippen LogP contribution < -0.4 is 11.1 Å². The molecule has 0 aliphatic heterocycles. The maximum Gasteiger partial charge on any atom is 0.256 e. The summed E-state index contributed by atoms with van der Waals surface area (Å²) in [6.45, 7) is 8.19. The first-order chi connectivity index (χ1) is 13.6. The van der Waals surface area contributed by atoms with Crippen molar-refractivity contribution in [1.29, 1.82) is 0 Å². The number of aryl methyl sites for hydroxylation is 2. The lowest BCUT2D eigenvalue weighted by molar-refractivity contribution is 0.102. The van der Waals surface area contributed by atoms with E-state index in [-0.39, 0.29) is 17.3 Å². The van der Waals surface area contributed by atoms with Gasteiger partial charge in [0, 0.05) is 42.0 Å². The van der Waals surface area contributed by atoms with Gasteiger partial charge in [0.15, 0.2) is 0 Å². The molecule has 0 saturated carbocycles. The van der Waals surface area contributed by atoms with Crippen LogP contribution in [-0.2, 0) is 12.5 Å². The number of nitrogens with zero attached hydrogens (tertiary/aromatic N) is 4. The van der Waals surface area contributed by atoms with Crippen LogP contribution in [0.1, 0.15) is 53.5 Å². The van der Waals surface area contributed by atoms with Crippen LogP contribution in [0.2, 0.25) is 0 Å². The zero-order chi connectivity index (χ0) is 21.2. The van der Waals surface area contributed by atoms with Gasteiger partial charge >= 0.3 is 0 Å². The Morgan fingerprint density at radius 2 is 1.83 bits per heavy atom. The lowest BCUT2D eigenvalue weighted by Gasteiger charge is -2.13. The second kappa shape index (κ2) is 7.76. The van der Waals surface area contributed by atoms with Crippen LogP contribution in [0, 0.1) is 18.8 Å². The van der Waals surface area contributed by atoms with Gasteiger partial charge in [-0.1, -0.05) is 38.7 Å². The number of nitrogens with two attached hydrogens (primary N) is 1. The van der Waals surface area contributed by atoms with Gasteiger partial charge in [0.25, 0.3) is 5.91 Å². The number of carbonyl (C=O) groups is 1. The van der Waals surface area contributed by atoms with E-state index in [0.717, 1.165) is 16.8 Å². The number of nitrogen functional groups attached to an aromatic ring is 1. The fourth-order valence-corrected chi connectivity index (χ4v) is 2.58. The third-order valence-electron chi connectivity index (χ3n) is 4.40. The highest BCUT2D eigenvalue weighted by molar-refractivity contribution is 6.04. The maximum absolute atomic E-state index is 12.8. The molecule has 0 bridgehead atoms. The average molecular weight is 388 g/mol. The Hall–Kier alpha value is -3.66. The van der Waals surface area contributed by atoms with Crippen molar-refractivity contribution in [2.45, 2.75) is 33.1 Å². The first-order valence-electron chi connectivity index (χ1n) is 9.19. The number of aromatic nitrogens is 4. The van der Waals surface area contributed by atoms with E-state index in [1.165, 1.54) is 0 Å². The first kappa shape index (κ1) is 20.1. The molecule has 7 heteroatoms. The number of nitrogens with one attached hydrogen (secondary N) is 1. The van der Waals surface area contributed by atoms with E-state index in [9.17, 15) is 4.79 Å². The molecule has 3 N–H and O–H groups in total. The Bertz CT molecular complexity index is 1110. The van der Waals surface area contributed by atoms with Crippen LogP contribution in [-0.4, -0.2) is 25.7 Å². The maximum atomic E-state index is 12.8. The van der Waals surface area contributed by atoms with Gasteiger partial charge in [-0.25, -0.2) is 9.97 Å². The number of carbonyl (C=O) groups excluding carboxylic acids is 1. The Morgan fingerprint density at radius 1 is 1.14 bits per heavy atom. The van der Waals surface area contributed by atoms with Gasteiger partial charge < -0.3 is 11.1 Å². The van der Waals surface area contributed by atoms with Crippen molar-refractivity contribution >= 4 is 17.7 Å². The van der Waals surface area contributed by atoms with Crippen molar-refractivity contribution in [3.8, 4) is 11.8 Å². The minimum atomic E-state index is -0.215. The molecular weight excluding hydrogens is 364 g/mol. The molecule has 0 fully saturated rings. The number of hydrogen-bond donors (Lipinski definition) is 2. The van der Waals surface area contributed by atoms with Crippen LogP contribution in [0.5, 0.6) is 0 Å². The number of amides is 1. The molecule has 3 aromatic rings. The molecule has 3 rings (SSSR count). The molecule has 0 unspecified atom stereocenters. The van der Waals surface area contributed by atoms with Crippen LogP contribution in [0.25, 0.3) is 0 Å². The minimum Gasteiger partial charge on any atom is -0.368 e. The van der Waals surface area contributed by atoms with Crippen LogP contribution in [0.3, 0.4) is 0 Å². The fourth-order valence-electron chi connectivity index (χ4n) is 2.58. The second-order valence-corrected chi connectivity index (χ2v) is 7.85. The van der Waals surface area contributed by atoms with Gasteiger partial charge in [0.1, 0.15) is 5.82 Å². The predicted octanol–water partition coefficient (Wildman–Crippen LogP) is 3.05. The molecule has 2 aromatic heterocycles. The largest absolute Gasteiger partial charge is 0.368 e. The summed E-state index contributed by atoms with van der Waals surface area (Å²) in [4.78, 5) is 20.6. The van der Waals surface area contributed by atoms with Crippen LogP contribution in [0.15, 0.2) is 36.7 Å². The molecule has 7 nitrogen and oxygen atoms in total. The van der Waals surface area contributed by atoms with Crippen molar-refractivity contribution in [2.24, 2.45) is 7.05 Å². The Labute approximate surface area is 170 Å². The fraction of sp³-hybridized carbons (Fsp3) is 0.273. The predicted molar refractivity (Wildman–Crippen MR) is 113 cm³/mol. The third-order valence-corrected chi connectivity index (χ3v) is 4.40. The van der Waals surface area contributed by atoms with E-state index in [0.29, 0.717) is 16.9 Å². The van der Waals surface area contributed by atoms with E-state index >= 15 is 0 Å². The molecule has 0 atom stereocenters. The molecule has 148 valence electrons. The van der Waals surface area contributed by atoms with Gasteiger partial charge in [-0.2, -0.15) is 5.10 Å². The van der Waals surface area contributed by atoms with E-state index in [4.69, 9.17) is 5.73 Å². The van der Waals surface area contributed by atoms with Crippen molar-refractivity contribution in [3.05, 3.63) is 64.6 Å². The zero-order valence-electron chi connectivity index (χ0n) is 17.2. The number of hydrogen-bond acceptors (Lipinski definition) is 5. The minimum absolute atomic E-state index is 0.0980. The number of rotatable bonds is 2. The molecule has 0 aliphatic carbocycles. The topological polar surface area (TPSA) is 98.7 Å². The van der Waals surface area contributed by atoms with Crippen molar-refractivity contribution in [3.63, 3.8) is 0 Å². The highest BCUT2D eigenvalue weighted by Gasteiger charge is 2.20. The van der Waals surface area contributed by atoms with Crippen molar-refractivity contribution < 1.29 is 4.79 Å². The zero-order valence-corrected chi connectivity index (χ0v) is 17.2. The quantitative estimate of drug-likeness (QED) is 0.658. The van der Waals surface area contributed by atoms with Gasteiger partial charge in [-0.15, -0.1) is 0 Å². The van der Waals surface area contributed by atoms with Gasteiger partial charge in [-0.05, 0) is 24.6 Å². The van der Waals surface area contributed by atoms with Crippen molar-refractivity contribution in [1.82, 2.24) is 19.7 Å². The standard InChI is InChI=1S/C22H24N6O/c1-14-6-8-17(10-16(14)9-7-15-12-24-21(23)25-13-15)20(29)26-19-11-18(22(2,3)4)27-28(19)5/h6,8,10-13H,1-5H3,(H,26,29)(H2,23,24,25). The molecule has 1 amide bonds. The van der Waals surface area contributed by atoms with Gasteiger partial charge in [0.2, 0.25) is 5.95 Å². The normalized spacial score (nSPS) is 10.9. The van der Waals surface area contributed by atoms with Crippen molar-refractivity contribution in [2.75, 3.05) is 11.1 Å². The van der Waals surface area contributed by atoms with Crippen LogP contribution >= 0.6 is 0 Å². The molecule has 29 heavy (non-hydrogen) atoms. The monoisotopic (exact) mass is 388 g/mol. The highest BCUT2D eigenvalue weighted by atomic mass is 16.1. The summed E-state index contributed by atoms with van der Waals surface area (Å²) in [5, 5.41) is 7.41. The van der Waals surface area contributed by atoms with E-state index in [1.54, 1.807) is 29.2 Å². The Kier molecular flexibility index (Phi) is 5.37. The Morgan fingerprint density at radius 3 is 2.45 bits per heavy atom. The molecule has 0 spiro atoms. The summed E-state index contributed by atoms with van der Waals surface area (Å²) in [6.07, 6.45) is 3.13. The first-order valence-corrected chi connectivity index (χ1v) is 9.19. The van der Waals surface area contributed by atoms with E-state index in [2.05, 4.69) is 53.0 Å². The summed E-state index contributed by atoms with van der Waals surface area (Å²) < 4.78 is 1.68. The summed E-state index contributed by atoms with van der Waals surface area (Å²) >= 11 is 0. The van der Waals surface area contributed by atoms with Gasteiger partial charge in [0.05, 0.1) is 11.3 Å². The summed E-state index contributed by atoms with van der Waals surface area (Å²) in [5.41, 5.74) is 9.21. The smallest absolute Gasteiger partial charge is 0.256 e. The summed E-state index contributed by atoms with van der Waals surface area (Å²) in [6, 6.07) is 7.33. The molecule has 0 saturated heterocycles.